The Kier molecular flexibility index (Phi) is 5.82. The second-order valence-corrected chi connectivity index (χ2v) is 5.45. The van der Waals surface area contributed by atoms with Crippen LogP contribution < -0.4 is 10.5 Å². The minimum atomic E-state index is -1.46. The summed E-state index contributed by atoms with van der Waals surface area (Å²) in [5, 5.41) is 0. The molecule has 0 spiro atoms. The molecule has 0 aliphatic rings. The van der Waals surface area contributed by atoms with E-state index in [9.17, 15) is 9.00 Å². The Labute approximate surface area is 116 Å². The molecule has 5 nitrogen and oxygen atoms in total. The monoisotopic (exact) mass is 284 g/mol. The van der Waals surface area contributed by atoms with Crippen LogP contribution >= 0.6 is 0 Å². The lowest BCUT2D eigenvalue weighted by Crippen LogP contribution is -2.30. The van der Waals surface area contributed by atoms with Crippen molar-refractivity contribution in [3.63, 3.8) is 0 Å². The van der Waals surface area contributed by atoms with E-state index < -0.39 is 10.8 Å². The van der Waals surface area contributed by atoms with Crippen LogP contribution in [-0.2, 0) is 15.6 Å². The van der Waals surface area contributed by atoms with Crippen molar-refractivity contribution in [2.45, 2.75) is 18.7 Å². The highest BCUT2D eigenvalue weighted by molar-refractivity contribution is 7.86. The molecule has 106 valence electrons. The van der Waals surface area contributed by atoms with Crippen LogP contribution in [0, 0.1) is 0 Å². The number of rotatable bonds is 6. The molecule has 1 aromatic rings. The van der Waals surface area contributed by atoms with Crippen molar-refractivity contribution in [2.24, 2.45) is 0 Å². The van der Waals surface area contributed by atoms with Gasteiger partial charge in [0, 0.05) is 19.3 Å². The minimum absolute atomic E-state index is 0.0654. The molecule has 1 rings (SSSR count). The topological polar surface area (TPSA) is 72.6 Å². The maximum absolute atomic E-state index is 12.2. The van der Waals surface area contributed by atoms with Crippen molar-refractivity contribution in [1.29, 1.82) is 0 Å². The fourth-order valence-electron chi connectivity index (χ4n) is 1.44. The molecule has 1 unspecified atom stereocenters. The number of carbonyl (C=O) groups excluding carboxylic acids is 1. The summed E-state index contributed by atoms with van der Waals surface area (Å²) < 4.78 is 17.5. The normalized spacial score (nSPS) is 11.9. The van der Waals surface area contributed by atoms with Gasteiger partial charge in [-0.3, -0.25) is 9.00 Å². The number of benzene rings is 1. The van der Waals surface area contributed by atoms with Gasteiger partial charge >= 0.3 is 0 Å². The Bertz CT molecular complexity index is 477. The van der Waals surface area contributed by atoms with Crippen molar-refractivity contribution in [2.75, 3.05) is 31.7 Å². The zero-order valence-corrected chi connectivity index (χ0v) is 12.3. The minimum Gasteiger partial charge on any atom is -0.494 e. The average Bonchev–Trinajstić information content (AvgIpc) is 2.40. The third-order valence-corrected chi connectivity index (χ3v) is 4.05. The number of nitrogen functional groups attached to an aromatic ring is 1. The number of carbonyl (C=O) groups is 1. The molecule has 0 fully saturated rings. The second-order valence-electron chi connectivity index (χ2n) is 4.03. The fourth-order valence-corrected chi connectivity index (χ4v) is 2.62. The Morgan fingerprint density at radius 2 is 2.11 bits per heavy atom. The molecule has 6 heteroatoms. The quantitative estimate of drug-likeness (QED) is 0.798. The molecule has 1 atom stereocenters. The molecular formula is C13H20N2O3S. The lowest BCUT2D eigenvalue weighted by Gasteiger charge is -2.14. The average molecular weight is 284 g/mol. The van der Waals surface area contributed by atoms with Crippen molar-refractivity contribution in [3.05, 3.63) is 18.2 Å². The van der Waals surface area contributed by atoms with E-state index in [0.717, 1.165) is 0 Å². The summed E-state index contributed by atoms with van der Waals surface area (Å²) in [5.41, 5.74) is 6.21. The Hall–Kier alpha value is -1.56. The molecule has 0 heterocycles. The van der Waals surface area contributed by atoms with Gasteiger partial charge in [-0.25, -0.2) is 0 Å². The number of nitrogens with two attached hydrogens (primary N) is 1. The van der Waals surface area contributed by atoms with Crippen LogP contribution in [0.4, 0.5) is 5.69 Å². The summed E-state index contributed by atoms with van der Waals surface area (Å²) in [6, 6.07) is 5.00. The summed E-state index contributed by atoms with van der Waals surface area (Å²) in [5.74, 6) is 0.378. The largest absolute Gasteiger partial charge is 0.494 e. The number of anilines is 1. The number of amides is 1. The Morgan fingerprint density at radius 1 is 1.42 bits per heavy atom. The van der Waals surface area contributed by atoms with Crippen LogP contribution in [0.3, 0.4) is 0 Å². The molecule has 0 aliphatic heterocycles. The first-order valence-corrected chi connectivity index (χ1v) is 7.46. The standard InChI is InChI=1S/C13H20N2O3S/c1-4-15(3)13(16)9-19(17)12-8-10(18-5-2)6-7-11(12)14/h6-8H,4-5,9,14H2,1-3H3. The van der Waals surface area contributed by atoms with Gasteiger partial charge in [0.25, 0.3) is 0 Å². The predicted octanol–water partition coefficient (Wildman–Crippen LogP) is 1.25. The summed E-state index contributed by atoms with van der Waals surface area (Å²) >= 11 is 0. The summed E-state index contributed by atoms with van der Waals surface area (Å²) in [7, 11) is 0.223. The van der Waals surface area contributed by atoms with Gasteiger partial charge in [-0.05, 0) is 32.0 Å². The van der Waals surface area contributed by atoms with Crippen LogP contribution in [0.2, 0.25) is 0 Å². The predicted molar refractivity (Wildman–Crippen MR) is 76.6 cm³/mol. The number of nitrogens with zero attached hydrogens (tertiary/aromatic N) is 1. The third-order valence-electron chi connectivity index (χ3n) is 2.70. The molecule has 19 heavy (non-hydrogen) atoms. The Balaban J connectivity index is 2.86. The van der Waals surface area contributed by atoms with Gasteiger partial charge in [0.2, 0.25) is 5.91 Å². The SMILES string of the molecule is CCOc1ccc(N)c(S(=O)CC(=O)N(C)CC)c1. The van der Waals surface area contributed by atoms with Gasteiger partial charge < -0.3 is 15.4 Å². The van der Waals surface area contributed by atoms with E-state index in [2.05, 4.69) is 0 Å². The molecule has 0 radical (unpaired) electrons. The first-order valence-electron chi connectivity index (χ1n) is 6.14. The summed E-state index contributed by atoms with van der Waals surface area (Å²) in [4.78, 5) is 13.7. The van der Waals surface area contributed by atoms with Crippen LogP contribution in [-0.4, -0.2) is 41.0 Å². The van der Waals surface area contributed by atoms with Gasteiger partial charge in [0.05, 0.1) is 22.3 Å². The van der Waals surface area contributed by atoms with Crippen LogP contribution in [0.1, 0.15) is 13.8 Å². The van der Waals surface area contributed by atoms with Crippen molar-refractivity contribution < 1.29 is 13.7 Å². The fraction of sp³-hybridized carbons (Fsp3) is 0.462. The van der Waals surface area contributed by atoms with E-state index >= 15 is 0 Å². The highest BCUT2D eigenvalue weighted by atomic mass is 32.2. The molecule has 0 aliphatic carbocycles. The molecule has 1 amide bonds. The van der Waals surface area contributed by atoms with Gasteiger partial charge in [0.15, 0.2) is 0 Å². The molecule has 0 saturated carbocycles. The molecule has 1 aromatic carbocycles. The summed E-state index contributed by atoms with van der Waals surface area (Å²) in [6.07, 6.45) is 0. The first kappa shape index (κ1) is 15.5. The molecule has 2 N–H and O–H groups in total. The van der Waals surface area contributed by atoms with Crippen molar-refractivity contribution >= 4 is 22.4 Å². The van der Waals surface area contributed by atoms with E-state index in [1.165, 1.54) is 4.90 Å². The highest BCUT2D eigenvalue weighted by Gasteiger charge is 2.16. The maximum atomic E-state index is 12.2. The lowest BCUT2D eigenvalue weighted by atomic mass is 10.3. The van der Waals surface area contributed by atoms with Crippen LogP contribution in [0.5, 0.6) is 5.75 Å². The molecule has 0 bridgehead atoms. The van der Waals surface area contributed by atoms with E-state index in [-0.39, 0.29) is 11.7 Å². The second kappa shape index (κ2) is 7.13. The lowest BCUT2D eigenvalue weighted by molar-refractivity contribution is -0.126. The molecular weight excluding hydrogens is 264 g/mol. The van der Waals surface area contributed by atoms with E-state index in [4.69, 9.17) is 10.5 Å². The van der Waals surface area contributed by atoms with Crippen molar-refractivity contribution in [1.82, 2.24) is 4.90 Å². The van der Waals surface area contributed by atoms with Crippen LogP contribution in [0.25, 0.3) is 0 Å². The zero-order valence-electron chi connectivity index (χ0n) is 11.5. The molecule has 0 saturated heterocycles. The number of hydrogen-bond donors (Lipinski definition) is 1. The van der Waals surface area contributed by atoms with Crippen molar-refractivity contribution in [3.8, 4) is 5.75 Å². The number of ether oxygens (including phenoxy) is 1. The van der Waals surface area contributed by atoms with Crippen LogP contribution in [0.15, 0.2) is 23.1 Å². The Morgan fingerprint density at radius 3 is 2.68 bits per heavy atom. The smallest absolute Gasteiger partial charge is 0.235 e. The molecule has 0 aromatic heterocycles. The maximum Gasteiger partial charge on any atom is 0.235 e. The zero-order chi connectivity index (χ0) is 14.4. The summed E-state index contributed by atoms with van der Waals surface area (Å²) in [6.45, 7) is 4.84. The van der Waals surface area contributed by atoms with Gasteiger partial charge in [-0.15, -0.1) is 0 Å². The third kappa shape index (κ3) is 4.24. The van der Waals surface area contributed by atoms with Gasteiger partial charge in [-0.1, -0.05) is 0 Å². The van der Waals surface area contributed by atoms with Gasteiger partial charge in [-0.2, -0.15) is 0 Å². The van der Waals surface area contributed by atoms with E-state index in [1.807, 2.05) is 13.8 Å². The number of hydrogen-bond acceptors (Lipinski definition) is 4. The van der Waals surface area contributed by atoms with E-state index in [1.54, 1.807) is 25.2 Å². The highest BCUT2D eigenvalue weighted by Crippen LogP contribution is 2.23. The van der Waals surface area contributed by atoms with Gasteiger partial charge in [0.1, 0.15) is 11.5 Å². The van der Waals surface area contributed by atoms with E-state index in [0.29, 0.717) is 29.5 Å². The first-order chi connectivity index (χ1) is 8.99.